The summed E-state index contributed by atoms with van der Waals surface area (Å²) in [7, 11) is 1.70. The minimum atomic E-state index is 0.139. The number of aromatic nitrogens is 2. The first-order valence-corrected chi connectivity index (χ1v) is 7.65. The number of ether oxygens (including phenoxy) is 2. The van der Waals surface area contributed by atoms with Crippen LogP contribution in [0, 0.1) is 0 Å². The summed E-state index contributed by atoms with van der Waals surface area (Å²) < 4.78 is 13.6. The first-order valence-electron chi connectivity index (χ1n) is 7.65. The number of methoxy groups -OCH3 is 1. The lowest BCUT2D eigenvalue weighted by Gasteiger charge is -2.32. The number of hydrogen-bond donors (Lipinski definition) is 1. The van der Waals surface area contributed by atoms with Crippen molar-refractivity contribution < 1.29 is 9.47 Å². The molecule has 1 aliphatic heterocycles. The van der Waals surface area contributed by atoms with Crippen LogP contribution in [0.15, 0.2) is 6.20 Å². The average Bonchev–Trinajstić information content (AvgIpc) is 2.89. The van der Waals surface area contributed by atoms with E-state index in [1.807, 2.05) is 10.9 Å². The average molecular weight is 281 g/mol. The van der Waals surface area contributed by atoms with Crippen molar-refractivity contribution >= 4 is 0 Å². The first-order chi connectivity index (χ1) is 9.69. The molecule has 1 aromatic heterocycles. The van der Waals surface area contributed by atoms with Gasteiger partial charge in [-0.2, -0.15) is 5.10 Å². The molecule has 0 bridgehead atoms. The van der Waals surface area contributed by atoms with Crippen LogP contribution in [0.3, 0.4) is 0 Å². The fourth-order valence-corrected chi connectivity index (χ4v) is 2.87. The molecule has 0 radical (unpaired) electrons. The predicted molar refractivity (Wildman–Crippen MR) is 79.2 cm³/mol. The van der Waals surface area contributed by atoms with E-state index in [0.29, 0.717) is 6.04 Å². The summed E-state index contributed by atoms with van der Waals surface area (Å²) in [5.41, 5.74) is 1.11. The van der Waals surface area contributed by atoms with Gasteiger partial charge < -0.3 is 14.8 Å². The second-order valence-electron chi connectivity index (χ2n) is 5.58. The largest absolute Gasteiger partial charge is 0.493 e. The van der Waals surface area contributed by atoms with Crippen molar-refractivity contribution in [2.45, 2.75) is 58.2 Å². The molecule has 1 aliphatic rings. The van der Waals surface area contributed by atoms with Crippen molar-refractivity contribution in [3.8, 4) is 5.75 Å². The van der Waals surface area contributed by atoms with Crippen molar-refractivity contribution in [3.63, 3.8) is 0 Å². The lowest BCUT2D eigenvalue weighted by atomic mass is 9.98. The molecule has 2 unspecified atom stereocenters. The Kier molecular flexibility index (Phi) is 5.43. The highest BCUT2D eigenvalue weighted by molar-refractivity contribution is 5.30. The lowest BCUT2D eigenvalue weighted by molar-refractivity contribution is -0.0103. The van der Waals surface area contributed by atoms with E-state index in [1.54, 1.807) is 7.11 Å². The van der Waals surface area contributed by atoms with Gasteiger partial charge in [0.25, 0.3) is 0 Å². The molecule has 0 aliphatic carbocycles. The van der Waals surface area contributed by atoms with Crippen molar-refractivity contribution in [2.24, 2.45) is 0 Å². The van der Waals surface area contributed by atoms with E-state index >= 15 is 0 Å². The zero-order chi connectivity index (χ0) is 14.5. The van der Waals surface area contributed by atoms with E-state index in [0.717, 1.165) is 37.4 Å². The Morgan fingerprint density at radius 2 is 2.30 bits per heavy atom. The molecule has 1 fully saturated rings. The molecule has 0 spiro atoms. The van der Waals surface area contributed by atoms with E-state index in [4.69, 9.17) is 9.47 Å². The lowest BCUT2D eigenvalue weighted by Crippen LogP contribution is -2.37. The molecule has 20 heavy (non-hydrogen) atoms. The fraction of sp³-hybridized carbons (Fsp3) is 0.800. The first kappa shape index (κ1) is 15.3. The van der Waals surface area contributed by atoms with Crippen molar-refractivity contribution in [1.82, 2.24) is 15.1 Å². The third-order valence-electron chi connectivity index (χ3n) is 3.81. The maximum atomic E-state index is 5.99. The van der Waals surface area contributed by atoms with Crippen LogP contribution < -0.4 is 10.1 Å². The van der Waals surface area contributed by atoms with Crippen LogP contribution >= 0.6 is 0 Å². The van der Waals surface area contributed by atoms with Gasteiger partial charge in [0, 0.05) is 12.6 Å². The Labute approximate surface area is 121 Å². The van der Waals surface area contributed by atoms with Crippen LogP contribution in [-0.2, 0) is 4.74 Å². The summed E-state index contributed by atoms with van der Waals surface area (Å²) in [6.07, 6.45) is 5.49. The quantitative estimate of drug-likeness (QED) is 0.871. The molecule has 0 amide bonds. The number of nitrogens with zero attached hydrogens (tertiary/aromatic N) is 2. The molecule has 1 saturated heterocycles. The summed E-state index contributed by atoms with van der Waals surface area (Å²) in [4.78, 5) is 0. The van der Waals surface area contributed by atoms with Gasteiger partial charge in [-0.1, -0.05) is 6.92 Å². The second-order valence-corrected chi connectivity index (χ2v) is 5.58. The zero-order valence-corrected chi connectivity index (χ0v) is 13.1. The summed E-state index contributed by atoms with van der Waals surface area (Å²) in [6.45, 7) is 8.15. The van der Waals surface area contributed by atoms with Crippen molar-refractivity contribution in [3.05, 3.63) is 11.9 Å². The van der Waals surface area contributed by atoms with Crippen LogP contribution in [0.25, 0.3) is 0 Å². The monoisotopic (exact) mass is 281 g/mol. The summed E-state index contributed by atoms with van der Waals surface area (Å²) >= 11 is 0. The van der Waals surface area contributed by atoms with Gasteiger partial charge >= 0.3 is 0 Å². The number of hydrogen-bond acceptors (Lipinski definition) is 4. The molecule has 5 heteroatoms. The van der Waals surface area contributed by atoms with E-state index in [-0.39, 0.29) is 12.1 Å². The zero-order valence-electron chi connectivity index (χ0n) is 13.1. The number of rotatable bonds is 6. The SMILES string of the molecule is CCNC(c1c(OC)cnn1C(C)C)C1CCCCO1. The van der Waals surface area contributed by atoms with Gasteiger partial charge in [0.2, 0.25) is 0 Å². The molecule has 114 valence electrons. The molecule has 0 saturated carbocycles. The van der Waals surface area contributed by atoms with Crippen LogP contribution in [0.2, 0.25) is 0 Å². The third kappa shape index (κ3) is 3.15. The molecule has 2 atom stereocenters. The van der Waals surface area contributed by atoms with Crippen LogP contribution in [0.4, 0.5) is 0 Å². The van der Waals surface area contributed by atoms with Gasteiger partial charge in [0.1, 0.15) is 5.69 Å². The molecule has 1 aromatic rings. The highest BCUT2D eigenvalue weighted by atomic mass is 16.5. The van der Waals surface area contributed by atoms with Gasteiger partial charge in [0.05, 0.1) is 25.5 Å². The standard InChI is InChI=1S/C15H27N3O2/c1-5-16-14(12-8-6-7-9-20-12)15-13(19-4)10-17-18(15)11(2)3/h10-12,14,16H,5-9H2,1-4H3. The van der Waals surface area contributed by atoms with Gasteiger partial charge in [-0.15, -0.1) is 0 Å². The van der Waals surface area contributed by atoms with Gasteiger partial charge in [-0.3, -0.25) is 4.68 Å². The van der Waals surface area contributed by atoms with E-state index in [9.17, 15) is 0 Å². The minimum Gasteiger partial charge on any atom is -0.493 e. The van der Waals surface area contributed by atoms with E-state index < -0.39 is 0 Å². The van der Waals surface area contributed by atoms with Gasteiger partial charge in [-0.25, -0.2) is 0 Å². The fourth-order valence-electron chi connectivity index (χ4n) is 2.87. The van der Waals surface area contributed by atoms with Crippen LogP contribution in [-0.4, -0.2) is 36.1 Å². The van der Waals surface area contributed by atoms with Crippen LogP contribution in [0.1, 0.15) is 57.8 Å². The van der Waals surface area contributed by atoms with Crippen LogP contribution in [0.5, 0.6) is 5.75 Å². The predicted octanol–water partition coefficient (Wildman–Crippen LogP) is 2.69. The topological polar surface area (TPSA) is 48.3 Å². The van der Waals surface area contributed by atoms with Gasteiger partial charge in [-0.05, 0) is 39.7 Å². The Morgan fingerprint density at radius 3 is 2.85 bits per heavy atom. The normalized spacial score (nSPS) is 21.1. The molecular formula is C15H27N3O2. The smallest absolute Gasteiger partial charge is 0.161 e. The molecule has 2 heterocycles. The van der Waals surface area contributed by atoms with E-state index in [2.05, 4.69) is 31.2 Å². The molecular weight excluding hydrogens is 254 g/mol. The maximum Gasteiger partial charge on any atom is 0.161 e. The van der Waals surface area contributed by atoms with Gasteiger partial charge in [0.15, 0.2) is 5.75 Å². The van der Waals surface area contributed by atoms with E-state index in [1.165, 1.54) is 6.42 Å². The summed E-state index contributed by atoms with van der Waals surface area (Å²) in [5, 5.41) is 8.04. The summed E-state index contributed by atoms with van der Waals surface area (Å²) in [6, 6.07) is 0.443. The summed E-state index contributed by atoms with van der Waals surface area (Å²) in [5.74, 6) is 0.846. The number of likely N-dealkylation sites (N-methyl/N-ethyl adjacent to an activating group) is 1. The molecule has 1 N–H and O–H groups in total. The van der Waals surface area contributed by atoms with Crippen molar-refractivity contribution in [1.29, 1.82) is 0 Å². The molecule has 0 aromatic carbocycles. The maximum absolute atomic E-state index is 5.99. The highest BCUT2D eigenvalue weighted by Crippen LogP contribution is 2.33. The Hall–Kier alpha value is -1.07. The third-order valence-corrected chi connectivity index (χ3v) is 3.81. The number of nitrogens with one attached hydrogen (secondary N) is 1. The Morgan fingerprint density at radius 1 is 1.50 bits per heavy atom. The molecule has 2 rings (SSSR count). The Balaban J connectivity index is 2.33. The Bertz CT molecular complexity index is 411. The van der Waals surface area contributed by atoms with Crippen molar-refractivity contribution in [2.75, 3.05) is 20.3 Å². The second kappa shape index (κ2) is 7.09. The molecule has 5 nitrogen and oxygen atoms in total. The minimum absolute atomic E-state index is 0.139. The highest BCUT2D eigenvalue weighted by Gasteiger charge is 2.31.